The van der Waals surface area contributed by atoms with Crippen LogP contribution in [-0.2, 0) is 4.79 Å². The molecule has 28 heavy (non-hydrogen) atoms. The van der Waals surface area contributed by atoms with Crippen molar-refractivity contribution < 1.29 is 9.53 Å². The summed E-state index contributed by atoms with van der Waals surface area (Å²) in [6, 6.07) is 12.0. The molecule has 2 aromatic rings. The van der Waals surface area contributed by atoms with Crippen LogP contribution in [0.15, 0.2) is 36.7 Å². The number of para-hydroxylation sites is 1. The molecule has 0 spiro atoms. The molecule has 0 aliphatic carbocycles. The molecule has 2 fully saturated rings. The van der Waals surface area contributed by atoms with Gasteiger partial charge in [-0.3, -0.25) is 4.79 Å². The van der Waals surface area contributed by atoms with E-state index in [1.165, 1.54) is 6.33 Å². The van der Waals surface area contributed by atoms with Gasteiger partial charge in [0.25, 0.3) is 0 Å². The molecule has 0 saturated carbocycles. The van der Waals surface area contributed by atoms with Crippen LogP contribution in [0.25, 0.3) is 0 Å². The third-order valence-corrected chi connectivity index (χ3v) is 6.05. The highest BCUT2D eigenvalue weighted by molar-refractivity contribution is 5.80. The van der Waals surface area contributed by atoms with E-state index in [1.54, 1.807) is 6.07 Å². The van der Waals surface area contributed by atoms with Crippen LogP contribution >= 0.6 is 0 Å². The molecular formula is C21H21N5O2. The van der Waals surface area contributed by atoms with E-state index in [9.17, 15) is 4.79 Å². The summed E-state index contributed by atoms with van der Waals surface area (Å²) in [6.45, 7) is 2.19. The average Bonchev–Trinajstić information content (AvgIpc) is 3.11. The quantitative estimate of drug-likeness (QED) is 0.801. The smallest absolute Gasteiger partial charge is 0.226 e. The molecule has 7 heteroatoms. The maximum Gasteiger partial charge on any atom is 0.226 e. The average molecular weight is 375 g/mol. The van der Waals surface area contributed by atoms with E-state index in [1.807, 2.05) is 29.2 Å². The minimum absolute atomic E-state index is 0.0278. The van der Waals surface area contributed by atoms with Crippen molar-refractivity contribution in [2.75, 3.05) is 24.5 Å². The van der Waals surface area contributed by atoms with Gasteiger partial charge < -0.3 is 14.5 Å². The summed E-state index contributed by atoms with van der Waals surface area (Å²) in [7, 11) is 0. The summed E-state index contributed by atoms with van der Waals surface area (Å²) in [5.74, 6) is 1.95. The molecule has 2 atom stereocenters. The lowest BCUT2D eigenvalue weighted by Gasteiger charge is -2.35. The standard InChI is InChI=1S/C21H21N5O2/c22-11-15-9-20(24-13-23-15)25-7-5-14(6-8-25)21(27)26-12-16-10-18(26)17-3-1-2-4-19(17)28-16/h1-4,9,13-14,16,18H,5-8,10,12H2/t16-,18-/m0/s1. The number of benzene rings is 1. The second-order valence-corrected chi connectivity index (χ2v) is 7.65. The number of nitrogens with zero attached hydrogens (tertiary/aromatic N) is 5. The van der Waals surface area contributed by atoms with E-state index in [4.69, 9.17) is 10.00 Å². The van der Waals surface area contributed by atoms with Gasteiger partial charge in [-0.1, -0.05) is 18.2 Å². The van der Waals surface area contributed by atoms with Gasteiger partial charge in [0, 0.05) is 37.1 Å². The van der Waals surface area contributed by atoms with Gasteiger partial charge in [-0.2, -0.15) is 5.26 Å². The monoisotopic (exact) mass is 375 g/mol. The summed E-state index contributed by atoms with van der Waals surface area (Å²) in [5.41, 5.74) is 1.50. The van der Waals surface area contributed by atoms with Crippen molar-refractivity contribution in [1.82, 2.24) is 14.9 Å². The summed E-state index contributed by atoms with van der Waals surface area (Å²) in [5, 5.41) is 9.02. The first kappa shape index (κ1) is 17.0. The molecule has 1 aromatic carbocycles. The lowest BCUT2D eigenvalue weighted by molar-refractivity contribution is -0.137. The molecular weight excluding hydrogens is 354 g/mol. The number of carbonyl (C=O) groups is 1. The molecule has 3 aliphatic heterocycles. The lowest BCUT2D eigenvalue weighted by atomic mass is 9.94. The SMILES string of the molecule is N#Cc1cc(N2CCC(C(=O)N3C[C@@H]4C[C@H]3c3ccccc3O4)CC2)ncn1. The van der Waals surface area contributed by atoms with Crippen LogP contribution in [0.1, 0.15) is 36.6 Å². The molecule has 2 saturated heterocycles. The number of amides is 1. The molecule has 0 radical (unpaired) electrons. The van der Waals surface area contributed by atoms with Crippen LogP contribution < -0.4 is 9.64 Å². The molecule has 5 rings (SSSR count). The van der Waals surface area contributed by atoms with E-state index in [0.29, 0.717) is 12.2 Å². The van der Waals surface area contributed by atoms with Crippen LogP contribution in [0, 0.1) is 17.2 Å². The Kier molecular flexibility index (Phi) is 4.12. The number of anilines is 1. The normalized spacial score (nSPS) is 23.7. The predicted molar refractivity (Wildman–Crippen MR) is 102 cm³/mol. The van der Waals surface area contributed by atoms with Crippen LogP contribution in [0.3, 0.4) is 0 Å². The highest BCUT2D eigenvalue weighted by atomic mass is 16.5. The van der Waals surface area contributed by atoms with Crippen molar-refractivity contribution >= 4 is 11.7 Å². The molecule has 0 unspecified atom stereocenters. The molecule has 1 aromatic heterocycles. The van der Waals surface area contributed by atoms with Crippen LogP contribution in [-0.4, -0.2) is 46.5 Å². The molecule has 1 amide bonds. The fourth-order valence-electron chi connectivity index (χ4n) is 4.64. The molecule has 0 N–H and O–H groups in total. The molecule has 4 heterocycles. The van der Waals surface area contributed by atoms with Crippen molar-refractivity contribution in [3.05, 3.63) is 47.9 Å². The zero-order valence-corrected chi connectivity index (χ0v) is 15.5. The van der Waals surface area contributed by atoms with Gasteiger partial charge in [-0.15, -0.1) is 0 Å². The van der Waals surface area contributed by atoms with Gasteiger partial charge in [0.1, 0.15) is 35.8 Å². The third kappa shape index (κ3) is 2.85. The Labute approximate surface area is 163 Å². The van der Waals surface area contributed by atoms with E-state index >= 15 is 0 Å². The van der Waals surface area contributed by atoms with Gasteiger partial charge in [-0.05, 0) is 18.9 Å². The van der Waals surface area contributed by atoms with E-state index < -0.39 is 0 Å². The molecule has 7 nitrogen and oxygen atoms in total. The minimum Gasteiger partial charge on any atom is -0.488 e. The van der Waals surface area contributed by atoms with Crippen molar-refractivity contribution in [2.24, 2.45) is 5.92 Å². The summed E-state index contributed by atoms with van der Waals surface area (Å²) >= 11 is 0. The van der Waals surface area contributed by atoms with E-state index in [0.717, 1.165) is 49.5 Å². The predicted octanol–water partition coefficient (Wildman–Crippen LogP) is 2.30. The Morgan fingerprint density at radius 2 is 2.04 bits per heavy atom. The summed E-state index contributed by atoms with van der Waals surface area (Å²) in [4.78, 5) is 25.7. The first-order valence-electron chi connectivity index (χ1n) is 9.76. The van der Waals surface area contributed by atoms with Crippen molar-refractivity contribution in [3.8, 4) is 11.8 Å². The number of carbonyl (C=O) groups excluding carboxylic acids is 1. The van der Waals surface area contributed by atoms with Gasteiger partial charge in [-0.25, -0.2) is 9.97 Å². The maximum atomic E-state index is 13.3. The second kappa shape index (κ2) is 6.79. The van der Waals surface area contributed by atoms with Crippen LogP contribution in [0.5, 0.6) is 5.75 Å². The number of aromatic nitrogens is 2. The van der Waals surface area contributed by atoms with E-state index in [-0.39, 0.29) is 24.0 Å². The maximum absolute atomic E-state index is 13.3. The third-order valence-electron chi connectivity index (χ3n) is 6.05. The van der Waals surface area contributed by atoms with Crippen molar-refractivity contribution in [2.45, 2.75) is 31.4 Å². The number of hydrogen-bond donors (Lipinski definition) is 0. The number of rotatable bonds is 2. The van der Waals surface area contributed by atoms with Crippen molar-refractivity contribution in [1.29, 1.82) is 5.26 Å². The Morgan fingerprint density at radius 1 is 1.21 bits per heavy atom. The van der Waals surface area contributed by atoms with Gasteiger partial charge >= 0.3 is 0 Å². The Bertz CT molecular complexity index is 948. The fraction of sp³-hybridized carbons (Fsp3) is 0.429. The number of fused-ring (bicyclic) bond motifs is 4. The molecule has 3 aliphatic rings. The first-order valence-corrected chi connectivity index (χ1v) is 9.76. The van der Waals surface area contributed by atoms with Crippen LogP contribution in [0.4, 0.5) is 5.82 Å². The zero-order valence-electron chi connectivity index (χ0n) is 15.5. The zero-order chi connectivity index (χ0) is 19.1. The minimum atomic E-state index is 0.0278. The summed E-state index contributed by atoms with van der Waals surface area (Å²) in [6.07, 6.45) is 4.00. The Balaban J connectivity index is 1.27. The second-order valence-electron chi connectivity index (χ2n) is 7.65. The molecule has 142 valence electrons. The highest BCUT2D eigenvalue weighted by Gasteiger charge is 2.44. The van der Waals surface area contributed by atoms with Crippen molar-refractivity contribution in [3.63, 3.8) is 0 Å². The van der Waals surface area contributed by atoms with E-state index in [2.05, 4.69) is 20.9 Å². The van der Waals surface area contributed by atoms with Crippen LogP contribution in [0.2, 0.25) is 0 Å². The summed E-state index contributed by atoms with van der Waals surface area (Å²) < 4.78 is 6.04. The number of likely N-dealkylation sites (tertiary alicyclic amines) is 1. The highest BCUT2D eigenvalue weighted by Crippen LogP contribution is 2.44. The Morgan fingerprint density at radius 3 is 2.86 bits per heavy atom. The fourth-order valence-corrected chi connectivity index (χ4v) is 4.64. The topological polar surface area (TPSA) is 82.4 Å². The van der Waals surface area contributed by atoms with Gasteiger partial charge in [0.05, 0.1) is 12.6 Å². The lowest BCUT2D eigenvalue weighted by Crippen LogP contribution is -2.42. The van der Waals surface area contributed by atoms with Gasteiger partial charge in [0.15, 0.2) is 0 Å². The number of piperidine rings is 1. The number of nitriles is 1. The number of ether oxygens (including phenoxy) is 1. The first-order chi connectivity index (χ1) is 13.7. The largest absolute Gasteiger partial charge is 0.488 e. The molecule has 2 bridgehead atoms. The Hall–Kier alpha value is -3.14. The van der Waals surface area contributed by atoms with Gasteiger partial charge in [0.2, 0.25) is 5.91 Å². The number of hydrogen-bond acceptors (Lipinski definition) is 6.